The van der Waals surface area contributed by atoms with Gasteiger partial charge in [-0.05, 0) is 35.2 Å². The molecule has 0 spiro atoms. The lowest BCUT2D eigenvalue weighted by atomic mass is 10.1. The first kappa shape index (κ1) is 14.8. The van der Waals surface area contributed by atoms with Crippen LogP contribution < -0.4 is 11.2 Å². The van der Waals surface area contributed by atoms with Gasteiger partial charge in [0.2, 0.25) is 5.91 Å². The second-order valence-electron chi connectivity index (χ2n) is 5.43. The van der Waals surface area contributed by atoms with Crippen LogP contribution in [0.5, 0.6) is 0 Å². The molecule has 22 heavy (non-hydrogen) atoms. The lowest BCUT2D eigenvalue weighted by molar-refractivity contribution is -0.132. The molecule has 1 saturated heterocycles. The topological polar surface area (TPSA) is 64.3 Å². The molecule has 6 nitrogen and oxygen atoms in total. The number of hydrogen-bond acceptors (Lipinski definition) is 4. The van der Waals surface area contributed by atoms with Gasteiger partial charge in [0.25, 0.3) is 5.56 Å². The Morgan fingerprint density at radius 3 is 2.91 bits per heavy atom. The van der Waals surface area contributed by atoms with E-state index in [9.17, 15) is 14.4 Å². The van der Waals surface area contributed by atoms with Gasteiger partial charge in [-0.1, -0.05) is 0 Å². The van der Waals surface area contributed by atoms with Gasteiger partial charge in [-0.3, -0.25) is 18.7 Å². The Balaban J connectivity index is 1.81. The first-order valence-electron chi connectivity index (χ1n) is 7.16. The number of aromatic nitrogens is 2. The fourth-order valence-corrected chi connectivity index (χ4v) is 3.56. The molecule has 3 rings (SSSR count). The predicted octanol–water partition coefficient (Wildman–Crippen LogP) is 0.972. The minimum Gasteiger partial charge on any atom is -0.334 e. The number of carbonyl (C=O) groups excluding carboxylic acids is 1. The van der Waals surface area contributed by atoms with E-state index < -0.39 is 5.69 Å². The summed E-state index contributed by atoms with van der Waals surface area (Å²) in [4.78, 5) is 37.8. The van der Waals surface area contributed by atoms with Crippen LogP contribution >= 0.6 is 11.3 Å². The average molecular weight is 319 g/mol. The van der Waals surface area contributed by atoms with Crippen molar-refractivity contribution in [2.24, 2.45) is 7.05 Å². The Labute approximate surface area is 131 Å². The van der Waals surface area contributed by atoms with Crippen molar-refractivity contribution in [1.82, 2.24) is 14.0 Å². The van der Waals surface area contributed by atoms with Gasteiger partial charge >= 0.3 is 5.69 Å². The van der Waals surface area contributed by atoms with Gasteiger partial charge in [0.1, 0.15) is 6.54 Å². The molecule has 1 fully saturated rings. The Hall–Kier alpha value is -2.15. The summed E-state index contributed by atoms with van der Waals surface area (Å²) in [7, 11) is 1.41. The van der Waals surface area contributed by atoms with E-state index in [1.165, 1.54) is 23.9 Å². The minimum absolute atomic E-state index is 0.0341. The van der Waals surface area contributed by atoms with Gasteiger partial charge in [0.05, 0.1) is 6.04 Å². The summed E-state index contributed by atoms with van der Waals surface area (Å²) in [6, 6.07) is 3.44. The van der Waals surface area contributed by atoms with Crippen molar-refractivity contribution in [3.05, 3.63) is 55.5 Å². The van der Waals surface area contributed by atoms with Crippen molar-refractivity contribution >= 4 is 17.2 Å². The molecule has 116 valence electrons. The van der Waals surface area contributed by atoms with E-state index in [4.69, 9.17) is 0 Å². The SMILES string of the molecule is Cn1c(=O)ccn(CC(=O)N2CCCC2c2ccsc2)c1=O. The van der Waals surface area contributed by atoms with Crippen LogP contribution in [-0.2, 0) is 18.4 Å². The highest BCUT2D eigenvalue weighted by atomic mass is 32.1. The van der Waals surface area contributed by atoms with Gasteiger partial charge in [0, 0.05) is 25.9 Å². The molecular formula is C15H17N3O3S. The smallest absolute Gasteiger partial charge is 0.331 e. The summed E-state index contributed by atoms with van der Waals surface area (Å²) in [6.45, 7) is 0.674. The molecule has 0 aromatic carbocycles. The van der Waals surface area contributed by atoms with Gasteiger partial charge < -0.3 is 4.90 Å². The summed E-state index contributed by atoms with van der Waals surface area (Å²) in [5, 5.41) is 4.07. The number of nitrogens with zero attached hydrogens (tertiary/aromatic N) is 3. The van der Waals surface area contributed by atoms with Crippen molar-refractivity contribution in [2.45, 2.75) is 25.4 Å². The van der Waals surface area contributed by atoms with Crippen LogP contribution in [-0.4, -0.2) is 26.5 Å². The van der Waals surface area contributed by atoms with Crippen LogP contribution in [0.15, 0.2) is 38.7 Å². The third-order valence-corrected chi connectivity index (χ3v) is 4.77. The maximum Gasteiger partial charge on any atom is 0.331 e. The molecule has 0 bridgehead atoms. The first-order valence-corrected chi connectivity index (χ1v) is 8.10. The first-order chi connectivity index (χ1) is 10.6. The van der Waals surface area contributed by atoms with Crippen molar-refractivity contribution in [2.75, 3.05) is 6.54 Å². The van der Waals surface area contributed by atoms with E-state index in [0.717, 1.165) is 23.0 Å². The standard InChI is InChI=1S/C15H17N3O3S/c1-16-13(19)4-7-17(15(16)21)9-14(20)18-6-2-3-12(18)11-5-8-22-10-11/h4-5,7-8,10,12H,2-3,6,9H2,1H3. The molecule has 1 aliphatic rings. The third-order valence-electron chi connectivity index (χ3n) is 4.07. The quantitative estimate of drug-likeness (QED) is 0.847. The summed E-state index contributed by atoms with van der Waals surface area (Å²) in [6.07, 6.45) is 3.30. The molecule has 3 heterocycles. The maximum absolute atomic E-state index is 12.6. The molecule has 0 saturated carbocycles. The lowest BCUT2D eigenvalue weighted by Crippen LogP contribution is -2.41. The maximum atomic E-state index is 12.6. The van der Waals surface area contributed by atoms with Gasteiger partial charge in [-0.25, -0.2) is 4.79 Å². The van der Waals surface area contributed by atoms with Crippen molar-refractivity contribution < 1.29 is 4.79 Å². The van der Waals surface area contributed by atoms with Gasteiger partial charge in [0.15, 0.2) is 0 Å². The predicted molar refractivity (Wildman–Crippen MR) is 84.0 cm³/mol. The van der Waals surface area contributed by atoms with Crippen LogP contribution in [0, 0.1) is 0 Å². The second-order valence-corrected chi connectivity index (χ2v) is 6.21. The molecule has 1 atom stereocenters. The summed E-state index contributed by atoms with van der Waals surface area (Å²) >= 11 is 1.62. The van der Waals surface area contributed by atoms with E-state index in [2.05, 4.69) is 5.38 Å². The normalized spacial score (nSPS) is 17.9. The largest absolute Gasteiger partial charge is 0.334 e. The Morgan fingerprint density at radius 2 is 2.18 bits per heavy atom. The molecule has 1 aliphatic heterocycles. The number of carbonyl (C=O) groups is 1. The van der Waals surface area contributed by atoms with Gasteiger partial charge in [-0.15, -0.1) is 0 Å². The van der Waals surface area contributed by atoms with E-state index >= 15 is 0 Å². The molecule has 7 heteroatoms. The highest BCUT2D eigenvalue weighted by Crippen LogP contribution is 2.33. The third kappa shape index (κ3) is 2.64. The van der Waals surface area contributed by atoms with Gasteiger partial charge in [-0.2, -0.15) is 11.3 Å². The number of likely N-dealkylation sites (tertiary alicyclic amines) is 1. The molecule has 1 unspecified atom stereocenters. The summed E-state index contributed by atoms with van der Waals surface area (Å²) < 4.78 is 2.29. The van der Waals surface area contributed by atoms with Crippen LogP contribution in [0.25, 0.3) is 0 Å². The van der Waals surface area contributed by atoms with Crippen molar-refractivity contribution in [3.8, 4) is 0 Å². The second kappa shape index (κ2) is 5.92. The monoisotopic (exact) mass is 319 g/mol. The Kier molecular flexibility index (Phi) is 3.98. The number of amides is 1. The zero-order valence-corrected chi connectivity index (χ0v) is 13.1. The zero-order chi connectivity index (χ0) is 15.7. The molecule has 2 aromatic heterocycles. The number of thiophene rings is 1. The minimum atomic E-state index is -0.466. The Bertz CT molecular complexity index is 791. The van der Waals surface area contributed by atoms with Crippen molar-refractivity contribution in [1.29, 1.82) is 0 Å². The fourth-order valence-electron chi connectivity index (χ4n) is 2.85. The molecular weight excluding hydrogens is 302 g/mol. The highest BCUT2D eigenvalue weighted by Gasteiger charge is 2.30. The average Bonchev–Trinajstić information content (AvgIpc) is 3.17. The lowest BCUT2D eigenvalue weighted by Gasteiger charge is -2.24. The highest BCUT2D eigenvalue weighted by molar-refractivity contribution is 7.07. The summed E-state index contributed by atoms with van der Waals surface area (Å²) in [5.74, 6) is -0.0885. The van der Waals surface area contributed by atoms with Crippen LogP contribution in [0.2, 0.25) is 0 Å². The van der Waals surface area contributed by atoms with Crippen molar-refractivity contribution in [3.63, 3.8) is 0 Å². The molecule has 0 aliphatic carbocycles. The number of hydrogen-bond donors (Lipinski definition) is 0. The van der Waals surface area contributed by atoms with E-state index in [-0.39, 0.29) is 24.1 Å². The molecule has 0 radical (unpaired) electrons. The van der Waals surface area contributed by atoms with Crippen LogP contribution in [0.1, 0.15) is 24.4 Å². The van der Waals surface area contributed by atoms with Crippen LogP contribution in [0.4, 0.5) is 0 Å². The van der Waals surface area contributed by atoms with E-state index in [1.807, 2.05) is 16.3 Å². The zero-order valence-electron chi connectivity index (χ0n) is 12.3. The summed E-state index contributed by atoms with van der Waals surface area (Å²) in [5.41, 5.74) is 0.321. The Morgan fingerprint density at radius 1 is 1.36 bits per heavy atom. The van der Waals surface area contributed by atoms with E-state index in [1.54, 1.807) is 11.3 Å². The molecule has 1 amide bonds. The van der Waals surface area contributed by atoms with E-state index in [0.29, 0.717) is 6.54 Å². The van der Waals surface area contributed by atoms with Crippen LogP contribution in [0.3, 0.4) is 0 Å². The fraction of sp³-hybridized carbons (Fsp3) is 0.400. The number of rotatable bonds is 3. The molecule has 0 N–H and O–H groups in total. The molecule has 2 aromatic rings.